The van der Waals surface area contributed by atoms with E-state index < -0.39 is 22.5 Å². The van der Waals surface area contributed by atoms with Crippen LogP contribution in [-0.2, 0) is 22.7 Å². The Morgan fingerprint density at radius 1 is 0.711 bits per heavy atom. The molecule has 2 heterocycles. The highest BCUT2D eigenvalue weighted by Crippen LogP contribution is 2.04. The molecule has 0 aliphatic rings. The van der Waals surface area contributed by atoms with Gasteiger partial charge < -0.3 is 30.4 Å². The number of quaternary nitrogens is 2. The Labute approximate surface area is 219 Å². The third-order valence-corrected chi connectivity index (χ3v) is 6.16. The molecule has 2 amide bonds. The lowest BCUT2D eigenvalue weighted by atomic mass is 10.2. The zero-order chi connectivity index (χ0) is 28.2. The summed E-state index contributed by atoms with van der Waals surface area (Å²) in [6.07, 6.45) is 4.22. The predicted molar refractivity (Wildman–Crippen MR) is 139 cm³/mol. The van der Waals surface area contributed by atoms with E-state index in [4.69, 9.17) is 0 Å². The molecular weight excluding hydrogens is 496 g/mol. The monoisotopic (exact) mass is 536 g/mol. The second-order valence-corrected chi connectivity index (χ2v) is 9.21. The molecule has 0 radical (unpaired) electrons. The average molecular weight is 537 g/mol. The van der Waals surface area contributed by atoms with E-state index >= 15 is 0 Å². The molecule has 2 rings (SSSR count). The molecule has 2 aromatic rings. The van der Waals surface area contributed by atoms with Crippen LogP contribution in [0.2, 0.25) is 0 Å². The molecular formula is C24H40N8O6+2. The van der Waals surface area contributed by atoms with Gasteiger partial charge in [-0.1, -0.05) is 0 Å². The average Bonchev–Trinajstić information content (AvgIpc) is 2.86. The third-order valence-electron chi connectivity index (χ3n) is 6.16. The summed E-state index contributed by atoms with van der Waals surface area (Å²) in [5.41, 5.74) is 6.65. The normalized spacial score (nSPS) is 10.9. The van der Waals surface area contributed by atoms with Gasteiger partial charge in [0.25, 0.3) is 11.1 Å². The van der Waals surface area contributed by atoms with Gasteiger partial charge in [-0.3, -0.25) is 29.1 Å². The van der Waals surface area contributed by atoms with E-state index in [9.17, 15) is 28.8 Å². The Balaban J connectivity index is 1.90. The van der Waals surface area contributed by atoms with Crippen molar-refractivity contribution >= 4 is 11.8 Å². The number of H-pyrrole nitrogens is 2. The molecule has 0 aromatic carbocycles. The number of carbonyl (C=O) groups excluding carboxylic acids is 2. The number of hydrogen-bond acceptors (Lipinski definition) is 6. The largest absolute Gasteiger partial charge is 0.356 e. The summed E-state index contributed by atoms with van der Waals surface area (Å²) in [6, 6.07) is 0. The summed E-state index contributed by atoms with van der Waals surface area (Å²) in [7, 11) is 0. The van der Waals surface area contributed by atoms with E-state index in [-0.39, 0.29) is 24.7 Å². The first-order valence-corrected chi connectivity index (χ1v) is 12.8. The van der Waals surface area contributed by atoms with Gasteiger partial charge in [-0.05, 0) is 26.7 Å². The first kappa shape index (κ1) is 30.4. The highest BCUT2D eigenvalue weighted by atomic mass is 16.2. The number of amides is 2. The van der Waals surface area contributed by atoms with Crippen LogP contribution >= 0.6 is 0 Å². The number of nitrogens with zero attached hydrogens (tertiary/aromatic N) is 4. The Bertz CT molecular complexity index is 1220. The number of hydrogen-bond donors (Lipinski definition) is 4. The minimum atomic E-state index is -0.509. The molecule has 0 aliphatic carbocycles. The molecule has 0 unspecified atom stereocenters. The van der Waals surface area contributed by atoms with Crippen molar-refractivity contribution in [2.24, 2.45) is 0 Å². The Morgan fingerprint density at radius 2 is 1.08 bits per heavy atom. The molecule has 38 heavy (non-hydrogen) atoms. The lowest BCUT2D eigenvalue weighted by Crippen LogP contribution is -2.58. The first-order chi connectivity index (χ1) is 18.1. The number of rotatable bonds is 15. The molecule has 210 valence electrons. The molecule has 0 saturated carbocycles. The van der Waals surface area contributed by atoms with Gasteiger partial charge in [0.05, 0.1) is 26.2 Å². The van der Waals surface area contributed by atoms with Crippen LogP contribution in [0.3, 0.4) is 0 Å². The van der Waals surface area contributed by atoms with E-state index in [1.165, 1.54) is 21.5 Å². The smallest absolute Gasteiger partial charge is 0.328 e. The second kappa shape index (κ2) is 14.8. The topological polar surface area (TPSA) is 206 Å². The van der Waals surface area contributed by atoms with Gasteiger partial charge in [0, 0.05) is 62.5 Å². The molecule has 0 aliphatic heterocycles. The molecule has 2 aromatic heterocycles. The number of aromatic nitrogens is 4. The van der Waals surface area contributed by atoms with Gasteiger partial charge in [0.15, 0.2) is 0 Å². The standard InChI is InChI=1S/C24H38N8O6/c1-17-15-31(23(37)27-21(17)35)9-3-5-19(33)29(11-7-25)13-14-30(12-8-26)20(34)6-4-10-32-16-18(2)22(36)28-24(32)38/h15-16H,3-14,25-26H2,1-2H3,(H,27,35,37)(H,28,36,38)/p+2. The minimum absolute atomic E-state index is 0.0994. The van der Waals surface area contributed by atoms with Crippen LogP contribution in [0.5, 0.6) is 0 Å². The van der Waals surface area contributed by atoms with Crippen molar-refractivity contribution < 1.29 is 21.1 Å². The third kappa shape index (κ3) is 8.95. The number of nitrogens with one attached hydrogen (secondary N) is 2. The summed E-state index contributed by atoms with van der Waals surface area (Å²) >= 11 is 0. The van der Waals surface area contributed by atoms with Gasteiger partial charge in [-0.15, -0.1) is 0 Å². The van der Waals surface area contributed by atoms with Crippen molar-refractivity contribution in [3.8, 4) is 0 Å². The summed E-state index contributed by atoms with van der Waals surface area (Å²) in [5, 5.41) is 0. The van der Waals surface area contributed by atoms with Gasteiger partial charge in [-0.25, -0.2) is 9.59 Å². The lowest BCUT2D eigenvalue weighted by Gasteiger charge is -2.27. The SMILES string of the molecule is Cc1cn(CCCC(=O)N(CC[NH3+])CCN(CC[NH3+])C(=O)CCCn2cc(C)c(=O)[nH]c2=O)c(=O)[nH]c1=O. The van der Waals surface area contributed by atoms with E-state index in [2.05, 4.69) is 21.4 Å². The number of aryl methyl sites for hydroxylation is 4. The van der Waals surface area contributed by atoms with Crippen molar-refractivity contribution in [2.45, 2.75) is 52.6 Å². The molecule has 0 fully saturated rings. The van der Waals surface area contributed by atoms with Gasteiger partial charge in [-0.2, -0.15) is 0 Å². The Hall–Kier alpha value is -3.78. The van der Waals surface area contributed by atoms with Crippen LogP contribution in [-0.4, -0.2) is 80.0 Å². The maximum absolute atomic E-state index is 12.9. The van der Waals surface area contributed by atoms with Crippen molar-refractivity contribution in [3.63, 3.8) is 0 Å². The molecule has 0 saturated heterocycles. The van der Waals surface area contributed by atoms with E-state index in [0.29, 0.717) is 76.3 Å². The fourth-order valence-corrected chi connectivity index (χ4v) is 4.03. The molecule has 14 heteroatoms. The lowest BCUT2D eigenvalue weighted by molar-refractivity contribution is -0.369. The van der Waals surface area contributed by atoms with Crippen LogP contribution in [0, 0.1) is 13.8 Å². The Kier molecular flexibility index (Phi) is 11.9. The zero-order valence-corrected chi connectivity index (χ0v) is 22.3. The van der Waals surface area contributed by atoms with Gasteiger partial charge in [0.1, 0.15) is 0 Å². The summed E-state index contributed by atoms with van der Waals surface area (Å²) in [5.74, 6) is -0.199. The van der Waals surface area contributed by atoms with Gasteiger partial charge in [0.2, 0.25) is 11.8 Å². The number of carbonyl (C=O) groups is 2. The zero-order valence-electron chi connectivity index (χ0n) is 22.3. The Morgan fingerprint density at radius 3 is 1.42 bits per heavy atom. The fraction of sp³-hybridized carbons (Fsp3) is 0.583. The quantitative estimate of drug-likeness (QED) is 0.181. The molecule has 14 nitrogen and oxygen atoms in total. The maximum Gasteiger partial charge on any atom is 0.328 e. The van der Waals surface area contributed by atoms with Crippen molar-refractivity contribution in [2.75, 3.05) is 39.3 Å². The molecule has 0 spiro atoms. The summed E-state index contributed by atoms with van der Waals surface area (Å²) in [6.45, 7) is 6.41. The second-order valence-electron chi connectivity index (χ2n) is 9.21. The predicted octanol–water partition coefficient (Wildman–Crippen LogP) is -3.59. The van der Waals surface area contributed by atoms with Crippen molar-refractivity contribution in [3.05, 3.63) is 65.2 Å². The highest BCUT2D eigenvalue weighted by molar-refractivity contribution is 5.77. The van der Waals surface area contributed by atoms with Crippen molar-refractivity contribution in [1.82, 2.24) is 28.9 Å². The first-order valence-electron chi connectivity index (χ1n) is 12.8. The van der Waals surface area contributed by atoms with Crippen molar-refractivity contribution in [1.29, 1.82) is 0 Å². The summed E-state index contributed by atoms with van der Waals surface area (Å²) < 4.78 is 2.76. The maximum atomic E-state index is 12.9. The highest BCUT2D eigenvalue weighted by Gasteiger charge is 2.18. The molecule has 8 N–H and O–H groups in total. The number of aromatic amines is 2. The van der Waals surface area contributed by atoms with Crippen LogP contribution < -0.4 is 34.0 Å². The van der Waals surface area contributed by atoms with Crippen LogP contribution in [0.1, 0.15) is 36.8 Å². The minimum Gasteiger partial charge on any atom is -0.356 e. The van der Waals surface area contributed by atoms with Crippen LogP contribution in [0.25, 0.3) is 0 Å². The van der Waals surface area contributed by atoms with Crippen LogP contribution in [0.4, 0.5) is 0 Å². The van der Waals surface area contributed by atoms with E-state index in [1.54, 1.807) is 23.6 Å². The van der Waals surface area contributed by atoms with Crippen LogP contribution in [0.15, 0.2) is 31.6 Å². The molecule has 0 atom stereocenters. The van der Waals surface area contributed by atoms with E-state index in [0.717, 1.165) is 0 Å². The fourth-order valence-electron chi connectivity index (χ4n) is 4.03. The molecule has 0 bridgehead atoms. The van der Waals surface area contributed by atoms with Gasteiger partial charge >= 0.3 is 11.4 Å². The summed E-state index contributed by atoms with van der Waals surface area (Å²) in [4.78, 5) is 80.5. The van der Waals surface area contributed by atoms with E-state index in [1.807, 2.05) is 0 Å².